The zero-order valence-electron chi connectivity index (χ0n) is 11.5. The molecule has 0 unspecified atom stereocenters. The van der Waals surface area contributed by atoms with E-state index in [2.05, 4.69) is 11.6 Å². The van der Waals surface area contributed by atoms with Crippen LogP contribution >= 0.6 is 0 Å². The summed E-state index contributed by atoms with van der Waals surface area (Å²) in [6.45, 7) is 9.61. The second kappa shape index (κ2) is 4.88. The Balaban J connectivity index is 2.49. The summed E-state index contributed by atoms with van der Waals surface area (Å²) in [6, 6.07) is 7.41. The number of nitrogens with zero attached hydrogens (tertiary/aromatic N) is 2. The predicted molar refractivity (Wildman–Crippen MR) is 77.1 cm³/mol. The SMILES string of the molecule is C=CCOc1ccccc1C1=[N+]([O-])C(C)(C)C(C)=N1. The number of benzene rings is 1. The first-order valence-electron chi connectivity index (χ1n) is 6.21. The van der Waals surface area contributed by atoms with Gasteiger partial charge in [0.2, 0.25) is 0 Å². The maximum Gasteiger partial charge on any atom is 0.333 e. The zero-order chi connectivity index (χ0) is 14.0. The number of para-hydroxylation sites is 1. The molecule has 1 aliphatic heterocycles. The lowest BCUT2D eigenvalue weighted by molar-refractivity contribution is -0.513. The Hall–Kier alpha value is -2.10. The topological polar surface area (TPSA) is 47.7 Å². The Labute approximate surface area is 113 Å². The highest BCUT2D eigenvalue weighted by Gasteiger charge is 2.40. The van der Waals surface area contributed by atoms with E-state index in [4.69, 9.17) is 4.74 Å². The molecule has 100 valence electrons. The minimum Gasteiger partial charge on any atom is -0.714 e. The lowest BCUT2D eigenvalue weighted by Gasteiger charge is -2.22. The molecule has 0 bridgehead atoms. The van der Waals surface area contributed by atoms with E-state index in [1.165, 1.54) is 0 Å². The molecule has 0 saturated heterocycles. The summed E-state index contributed by atoms with van der Waals surface area (Å²) in [6.07, 6.45) is 1.67. The first-order valence-corrected chi connectivity index (χ1v) is 6.21. The first-order chi connectivity index (χ1) is 8.98. The Kier molecular flexibility index (Phi) is 3.42. The van der Waals surface area contributed by atoms with Crippen molar-refractivity contribution in [2.45, 2.75) is 26.3 Å². The van der Waals surface area contributed by atoms with Crippen LogP contribution < -0.4 is 4.74 Å². The van der Waals surface area contributed by atoms with Crippen LogP contribution in [0.1, 0.15) is 26.3 Å². The summed E-state index contributed by atoms with van der Waals surface area (Å²) in [5.41, 5.74) is 0.904. The molecule has 19 heavy (non-hydrogen) atoms. The Bertz CT molecular complexity index is 571. The van der Waals surface area contributed by atoms with Crippen molar-refractivity contribution in [3.8, 4) is 5.75 Å². The van der Waals surface area contributed by atoms with Crippen LogP contribution in [-0.2, 0) is 0 Å². The standard InChI is InChI=1S/C15H18N2O2/c1-5-10-19-13-9-7-6-8-12(13)14-16-11(2)15(3,4)17(14)18/h5-9H,1,10H2,2-4H3. The van der Waals surface area contributed by atoms with E-state index in [9.17, 15) is 5.21 Å². The molecule has 0 saturated carbocycles. The first kappa shape index (κ1) is 13.3. The highest BCUT2D eigenvalue weighted by atomic mass is 16.5. The molecule has 0 amide bonds. The van der Waals surface area contributed by atoms with E-state index in [0.717, 1.165) is 10.5 Å². The van der Waals surface area contributed by atoms with Gasteiger partial charge in [-0.2, -0.15) is 0 Å². The molecule has 0 spiro atoms. The number of ether oxygens (including phenoxy) is 1. The van der Waals surface area contributed by atoms with Gasteiger partial charge in [0.15, 0.2) is 11.3 Å². The average molecular weight is 258 g/mol. The van der Waals surface area contributed by atoms with Crippen LogP contribution in [0.15, 0.2) is 41.9 Å². The molecule has 1 aromatic rings. The number of hydroxylamine groups is 1. The van der Waals surface area contributed by atoms with Crippen molar-refractivity contribution in [1.29, 1.82) is 0 Å². The maximum atomic E-state index is 12.4. The highest BCUT2D eigenvalue weighted by Crippen LogP contribution is 2.26. The van der Waals surface area contributed by atoms with Crippen molar-refractivity contribution in [1.82, 2.24) is 0 Å². The molecular formula is C15H18N2O2. The van der Waals surface area contributed by atoms with Crippen molar-refractivity contribution in [2.75, 3.05) is 6.61 Å². The average Bonchev–Trinajstić information content (AvgIpc) is 2.60. The van der Waals surface area contributed by atoms with Crippen molar-refractivity contribution >= 4 is 11.5 Å². The van der Waals surface area contributed by atoms with Crippen molar-refractivity contribution in [2.24, 2.45) is 4.99 Å². The smallest absolute Gasteiger partial charge is 0.333 e. The van der Waals surface area contributed by atoms with E-state index in [-0.39, 0.29) is 0 Å². The Morgan fingerprint density at radius 3 is 2.68 bits per heavy atom. The fourth-order valence-electron chi connectivity index (χ4n) is 1.85. The van der Waals surface area contributed by atoms with Gasteiger partial charge in [0, 0.05) is 6.92 Å². The van der Waals surface area contributed by atoms with Gasteiger partial charge in [-0.15, -0.1) is 0 Å². The van der Waals surface area contributed by atoms with Gasteiger partial charge in [-0.05, 0) is 31.0 Å². The molecule has 0 aliphatic carbocycles. The second-order valence-corrected chi connectivity index (χ2v) is 4.97. The fourth-order valence-corrected chi connectivity index (χ4v) is 1.85. The third kappa shape index (κ3) is 2.26. The molecule has 4 heteroatoms. The Morgan fingerprint density at radius 2 is 2.11 bits per heavy atom. The van der Waals surface area contributed by atoms with Gasteiger partial charge in [0.05, 0.1) is 0 Å². The van der Waals surface area contributed by atoms with Crippen LogP contribution in [0.5, 0.6) is 5.75 Å². The molecule has 0 N–H and O–H groups in total. The number of hydrogen-bond donors (Lipinski definition) is 0. The van der Waals surface area contributed by atoms with Gasteiger partial charge in [-0.3, -0.25) is 4.74 Å². The molecule has 2 rings (SSSR count). The number of aliphatic imine (C=N–C) groups is 1. The van der Waals surface area contributed by atoms with Crippen LogP contribution in [0.4, 0.5) is 0 Å². The van der Waals surface area contributed by atoms with Crippen molar-refractivity contribution < 1.29 is 9.48 Å². The third-order valence-electron chi connectivity index (χ3n) is 3.34. The molecular weight excluding hydrogens is 240 g/mol. The van der Waals surface area contributed by atoms with E-state index < -0.39 is 5.54 Å². The minimum atomic E-state index is -0.610. The summed E-state index contributed by atoms with van der Waals surface area (Å²) in [5.74, 6) is 1.05. The van der Waals surface area contributed by atoms with E-state index in [1.54, 1.807) is 6.08 Å². The molecule has 0 fully saturated rings. The number of amidine groups is 1. The summed E-state index contributed by atoms with van der Waals surface area (Å²) in [4.78, 5) is 4.40. The molecule has 1 aromatic carbocycles. The van der Waals surface area contributed by atoms with Gasteiger partial charge in [-0.1, -0.05) is 24.8 Å². The molecule has 0 atom stereocenters. The van der Waals surface area contributed by atoms with Crippen LogP contribution in [0.3, 0.4) is 0 Å². The molecule has 1 aliphatic rings. The largest absolute Gasteiger partial charge is 0.714 e. The summed E-state index contributed by atoms with van der Waals surface area (Å²) < 4.78 is 6.52. The van der Waals surface area contributed by atoms with Crippen LogP contribution in [0.25, 0.3) is 0 Å². The molecule has 4 nitrogen and oxygen atoms in total. The molecule has 0 radical (unpaired) electrons. The monoisotopic (exact) mass is 258 g/mol. The van der Waals surface area contributed by atoms with E-state index >= 15 is 0 Å². The van der Waals surface area contributed by atoms with Crippen LogP contribution in [0.2, 0.25) is 0 Å². The van der Waals surface area contributed by atoms with Crippen LogP contribution in [-0.4, -0.2) is 28.4 Å². The maximum absolute atomic E-state index is 12.4. The molecule has 0 aromatic heterocycles. The summed E-state index contributed by atoms with van der Waals surface area (Å²) in [5, 5.41) is 12.4. The zero-order valence-corrected chi connectivity index (χ0v) is 11.5. The van der Waals surface area contributed by atoms with Crippen molar-refractivity contribution in [3.05, 3.63) is 47.7 Å². The second-order valence-electron chi connectivity index (χ2n) is 4.97. The van der Waals surface area contributed by atoms with Gasteiger partial charge < -0.3 is 9.94 Å². The summed E-state index contributed by atoms with van der Waals surface area (Å²) >= 11 is 0. The highest BCUT2D eigenvalue weighted by molar-refractivity contribution is 6.10. The molecule has 1 heterocycles. The number of hydrogen-bond acceptors (Lipinski definition) is 3. The third-order valence-corrected chi connectivity index (χ3v) is 3.34. The van der Waals surface area contributed by atoms with Gasteiger partial charge >= 0.3 is 5.84 Å². The predicted octanol–water partition coefficient (Wildman–Crippen LogP) is 2.76. The minimum absolute atomic E-state index is 0.398. The lowest BCUT2D eigenvalue weighted by atomic mass is 10.0. The van der Waals surface area contributed by atoms with Gasteiger partial charge in [0.25, 0.3) is 0 Å². The quantitative estimate of drug-likeness (QED) is 0.473. The van der Waals surface area contributed by atoms with Gasteiger partial charge in [-0.25, -0.2) is 0 Å². The summed E-state index contributed by atoms with van der Waals surface area (Å²) in [7, 11) is 0. The van der Waals surface area contributed by atoms with E-state index in [0.29, 0.717) is 23.8 Å². The number of rotatable bonds is 4. The Morgan fingerprint density at radius 1 is 1.42 bits per heavy atom. The van der Waals surface area contributed by atoms with Crippen LogP contribution in [0, 0.1) is 5.21 Å². The normalized spacial score (nSPS) is 17.3. The van der Waals surface area contributed by atoms with E-state index in [1.807, 2.05) is 45.0 Å². The lowest BCUT2D eigenvalue weighted by Crippen LogP contribution is -2.37. The van der Waals surface area contributed by atoms with Crippen molar-refractivity contribution in [3.63, 3.8) is 0 Å². The fraction of sp³-hybridized carbons (Fsp3) is 0.333. The van der Waals surface area contributed by atoms with Gasteiger partial charge in [0.1, 0.15) is 17.9 Å².